The van der Waals surface area contributed by atoms with E-state index in [1.165, 1.54) is 16.7 Å². The zero-order valence-corrected chi connectivity index (χ0v) is 17.1. The van der Waals surface area contributed by atoms with Gasteiger partial charge in [-0.05, 0) is 52.5 Å². The van der Waals surface area contributed by atoms with Gasteiger partial charge >= 0.3 is 0 Å². The number of carbonyl (C=O) groups is 1. The molecule has 2 aromatic carbocycles. The van der Waals surface area contributed by atoms with E-state index in [0.29, 0.717) is 12.3 Å². The van der Waals surface area contributed by atoms with Crippen LogP contribution in [0.5, 0.6) is 5.75 Å². The van der Waals surface area contributed by atoms with Crippen molar-refractivity contribution in [2.24, 2.45) is 0 Å². The Labute approximate surface area is 162 Å². The molecule has 0 atom stereocenters. The predicted octanol–water partition coefficient (Wildman–Crippen LogP) is 4.75. The lowest BCUT2D eigenvalue weighted by atomic mass is 10.2. The van der Waals surface area contributed by atoms with Crippen molar-refractivity contribution >= 4 is 33.6 Å². The van der Waals surface area contributed by atoms with E-state index in [-0.39, 0.29) is 12.5 Å². The number of nitrogens with one attached hydrogen (secondary N) is 1. The lowest BCUT2D eigenvalue weighted by molar-refractivity contribution is -0.122. The Morgan fingerprint density at radius 3 is 2.76 bits per heavy atom. The second-order valence-electron chi connectivity index (χ2n) is 5.80. The number of ether oxygens (including phenoxy) is 1. The zero-order chi connectivity index (χ0) is 18.1. The van der Waals surface area contributed by atoms with Gasteiger partial charge in [-0.15, -0.1) is 0 Å². The number of rotatable bonds is 9. The van der Waals surface area contributed by atoms with Gasteiger partial charge < -0.3 is 10.1 Å². The summed E-state index contributed by atoms with van der Waals surface area (Å²) in [5.74, 6) is 2.45. The molecule has 5 heteroatoms. The van der Waals surface area contributed by atoms with Crippen molar-refractivity contribution in [3.8, 4) is 5.75 Å². The van der Waals surface area contributed by atoms with Crippen LogP contribution in [-0.4, -0.2) is 24.8 Å². The molecule has 0 spiro atoms. The van der Waals surface area contributed by atoms with Gasteiger partial charge in [-0.3, -0.25) is 4.79 Å². The number of aryl methyl sites for hydroxylation is 2. The molecule has 1 N–H and O–H groups in total. The molecule has 0 saturated carbocycles. The van der Waals surface area contributed by atoms with Crippen molar-refractivity contribution in [3.05, 3.63) is 63.6 Å². The van der Waals surface area contributed by atoms with Gasteiger partial charge in [0.05, 0.1) is 4.47 Å². The highest BCUT2D eigenvalue weighted by Crippen LogP contribution is 2.26. The van der Waals surface area contributed by atoms with Crippen LogP contribution in [0.2, 0.25) is 0 Å². The Balaban J connectivity index is 1.62. The van der Waals surface area contributed by atoms with Crippen LogP contribution in [-0.2, 0) is 17.0 Å². The maximum absolute atomic E-state index is 11.9. The Bertz CT molecular complexity index is 706. The molecule has 0 aliphatic carbocycles. The van der Waals surface area contributed by atoms with Gasteiger partial charge in [-0.2, -0.15) is 11.8 Å². The highest BCUT2D eigenvalue weighted by Gasteiger charge is 2.06. The first-order chi connectivity index (χ1) is 12.1. The molecular formula is C20H24BrNO2S. The SMILES string of the molecule is CCc1ccc(OCC(=O)NCCSCc2cccc(C)c2)c(Br)c1. The molecule has 2 aromatic rings. The molecule has 1 amide bonds. The predicted molar refractivity (Wildman–Crippen MR) is 109 cm³/mol. The van der Waals surface area contributed by atoms with Crippen LogP contribution in [0.1, 0.15) is 23.6 Å². The number of thioether (sulfide) groups is 1. The maximum Gasteiger partial charge on any atom is 0.257 e. The van der Waals surface area contributed by atoms with Gasteiger partial charge in [0.2, 0.25) is 0 Å². The van der Waals surface area contributed by atoms with Gasteiger partial charge in [0.1, 0.15) is 5.75 Å². The van der Waals surface area contributed by atoms with Crippen LogP contribution in [0.3, 0.4) is 0 Å². The van der Waals surface area contributed by atoms with E-state index in [0.717, 1.165) is 22.4 Å². The molecule has 0 radical (unpaired) electrons. The molecule has 2 rings (SSSR count). The summed E-state index contributed by atoms with van der Waals surface area (Å²) in [4.78, 5) is 11.9. The van der Waals surface area contributed by atoms with Crippen molar-refractivity contribution in [1.29, 1.82) is 0 Å². The molecule has 0 heterocycles. The molecule has 0 aromatic heterocycles. The maximum atomic E-state index is 11.9. The average Bonchev–Trinajstić information content (AvgIpc) is 2.60. The topological polar surface area (TPSA) is 38.3 Å². The van der Waals surface area contributed by atoms with Gasteiger partial charge in [0, 0.05) is 18.1 Å². The fourth-order valence-electron chi connectivity index (χ4n) is 2.33. The van der Waals surface area contributed by atoms with Gasteiger partial charge in [0.25, 0.3) is 5.91 Å². The first-order valence-electron chi connectivity index (χ1n) is 8.39. The summed E-state index contributed by atoms with van der Waals surface area (Å²) in [5, 5.41) is 2.89. The minimum atomic E-state index is -0.0948. The summed E-state index contributed by atoms with van der Waals surface area (Å²) in [6.45, 7) is 4.89. The number of hydrogen-bond donors (Lipinski definition) is 1. The molecule has 0 aliphatic heterocycles. The van der Waals surface area contributed by atoms with Crippen molar-refractivity contribution in [2.75, 3.05) is 18.9 Å². The van der Waals surface area contributed by atoms with E-state index in [9.17, 15) is 4.79 Å². The Kier molecular flexibility index (Phi) is 8.35. The van der Waals surface area contributed by atoms with E-state index in [1.54, 1.807) is 0 Å². The number of halogens is 1. The van der Waals surface area contributed by atoms with Crippen molar-refractivity contribution in [2.45, 2.75) is 26.0 Å². The summed E-state index contributed by atoms with van der Waals surface area (Å²) < 4.78 is 6.45. The summed E-state index contributed by atoms with van der Waals surface area (Å²) in [7, 11) is 0. The highest BCUT2D eigenvalue weighted by atomic mass is 79.9. The second-order valence-corrected chi connectivity index (χ2v) is 7.76. The van der Waals surface area contributed by atoms with Crippen LogP contribution >= 0.6 is 27.7 Å². The zero-order valence-electron chi connectivity index (χ0n) is 14.7. The average molecular weight is 422 g/mol. The van der Waals surface area contributed by atoms with Crippen LogP contribution in [0, 0.1) is 6.92 Å². The summed E-state index contributed by atoms with van der Waals surface area (Å²) in [6, 6.07) is 14.4. The highest BCUT2D eigenvalue weighted by molar-refractivity contribution is 9.10. The number of hydrogen-bond acceptors (Lipinski definition) is 3. The van der Waals surface area contributed by atoms with E-state index >= 15 is 0 Å². The number of amides is 1. The largest absolute Gasteiger partial charge is 0.483 e. The lowest BCUT2D eigenvalue weighted by Crippen LogP contribution is -2.30. The van der Waals surface area contributed by atoms with Crippen LogP contribution < -0.4 is 10.1 Å². The molecular weight excluding hydrogens is 398 g/mol. The Morgan fingerprint density at radius 2 is 2.04 bits per heavy atom. The molecule has 0 unspecified atom stereocenters. The van der Waals surface area contributed by atoms with Crippen molar-refractivity contribution in [1.82, 2.24) is 5.32 Å². The monoisotopic (exact) mass is 421 g/mol. The molecule has 134 valence electrons. The first-order valence-corrected chi connectivity index (χ1v) is 10.3. The van der Waals surface area contributed by atoms with Gasteiger partial charge in [-0.1, -0.05) is 42.8 Å². The first kappa shape index (κ1) is 19.9. The Morgan fingerprint density at radius 1 is 1.20 bits per heavy atom. The van der Waals surface area contributed by atoms with Crippen LogP contribution in [0.25, 0.3) is 0 Å². The van der Waals surface area contributed by atoms with E-state index in [2.05, 4.69) is 59.4 Å². The third-order valence-corrected chi connectivity index (χ3v) is 5.33. The molecule has 0 aliphatic rings. The standard InChI is InChI=1S/C20H24BrNO2S/c1-3-16-7-8-19(18(21)12-16)24-13-20(23)22-9-10-25-14-17-6-4-5-15(2)11-17/h4-8,11-12H,3,9-10,13-14H2,1-2H3,(H,22,23). The third-order valence-electron chi connectivity index (χ3n) is 3.68. The lowest BCUT2D eigenvalue weighted by Gasteiger charge is -2.10. The molecule has 0 fully saturated rings. The normalized spacial score (nSPS) is 10.5. The number of carbonyl (C=O) groups excluding carboxylic acids is 1. The fraction of sp³-hybridized carbons (Fsp3) is 0.350. The minimum Gasteiger partial charge on any atom is -0.483 e. The Hall–Kier alpha value is -1.46. The molecule has 3 nitrogen and oxygen atoms in total. The summed E-state index contributed by atoms with van der Waals surface area (Å²) in [6.07, 6.45) is 0.972. The molecule has 0 bridgehead atoms. The minimum absolute atomic E-state index is 0.0343. The number of benzene rings is 2. The quantitative estimate of drug-likeness (QED) is 0.593. The van der Waals surface area contributed by atoms with Crippen molar-refractivity contribution in [3.63, 3.8) is 0 Å². The third kappa shape index (κ3) is 7.12. The van der Waals surface area contributed by atoms with Crippen LogP contribution in [0.4, 0.5) is 0 Å². The summed E-state index contributed by atoms with van der Waals surface area (Å²) in [5.41, 5.74) is 3.83. The van der Waals surface area contributed by atoms with E-state index < -0.39 is 0 Å². The second kappa shape index (κ2) is 10.5. The fourth-order valence-corrected chi connectivity index (χ4v) is 3.68. The molecule has 0 saturated heterocycles. The summed E-state index contributed by atoms with van der Waals surface area (Å²) >= 11 is 5.29. The van der Waals surface area contributed by atoms with E-state index in [1.807, 2.05) is 30.0 Å². The smallest absolute Gasteiger partial charge is 0.257 e. The van der Waals surface area contributed by atoms with Gasteiger partial charge in [0.15, 0.2) is 6.61 Å². The van der Waals surface area contributed by atoms with Gasteiger partial charge in [-0.25, -0.2) is 0 Å². The van der Waals surface area contributed by atoms with Crippen molar-refractivity contribution < 1.29 is 9.53 Å². The molecule has 25 heavy (non-hydrogen) atoms. The van der Waals surface area contributed by atoms with Crippen LogP contribution in [0.15, 0.2) is 46.9 Å². The van der Waals surface area contributed by atoms with E-state index in [4.69, 9.17) is 4.74 Å².